The molecule has 1 aliphatic heterocycles. The van der Waals surface area contributed by atoms with Gasteiger partial charge in [-0.2, -0.15) is 0 Å². The van der Waals surface area contributed by atoms with E-state index < -0.39 is 0 Å². The zero-order valence-electron chi connectivity index (χ0n) is 16.8. The van der Waals surface area contributed by atoms with E-state index in [1.807, 2.05) is 40.5 Å². The van der Waals surface area contributed by atoms with Crippen molar-refractivity contribution in [3.63, 3.8) is 0 Å². The van der Waals surface area contributed by atoms with E-state index in [1.54, 1.807) is 18.4 Å². The number of carbonyl (C=O) groups excluding carboxylic acids is 1. The summed E-state index contributed by atoms with van der Waals surface area (Å²) in [6.45, 7) is 8.78. The van der Waals surface area contributed by atoms with Gasteiger partial charge in [0.05, 0.1) is 6.26 Å². The van der Waals surface area contributed by atoms with Crippen molar-refractivity contribution in [2.24, 2.45) is 0 Å². The van der Waals surface area contributed by atoms with Crippen molar-refractivity contribution in [2.75, 3.05) is 44.2 Å². The SMILES string of the molecule is Cc1ccc(N(CCN2CCN(Cc3cccs3)CC2)C(=O)c2ccco2)cc1. The summed E-state index contributed by atoms with van der Waals surface area (Å²) in [7, 11) is 0. The van der Waals surface area contributed by atoms with Crippen molar-refractivity contribution in [3.8, 4) is 0 Å². The van der Waals surface area contributed by atoms with Gasteiger partial charge in [-0.05, 0) is 42.6 Å². The van der Waals surface area contributed by atoms with Crippen molar-refractivity contribution < 1.29 is 9.21 Å². The van der Waals surface area contributed by atoms with E-state index in [4.69, 9.17) is 4.42 Å². The summed E-state index contributed by atoms with van der Waals surface area (Å²) in [6.07, 6.45) is 1.55. The number of aryl methyl sites for hydroxylation is 1. The summed E-state index contributed by atoms with van der Waals surface area (Å²) in [5.74, 6) is 0.293. The number of nitrogens with zero attached hydrogens (tertiary/aromatic N) is 3. The van der Waals surface area contributed by atoms with Gasteiger partial charge in [-0.1, -0.05) is 23.8 Å². The van der Waals surface area contributed by atoms with E-state index in [0.29, 0.717) is 12.3 Å². The molecule has 0 unspecified atom stereocenters. The summed E-state index contributed by atoms with van der Waals surface area (Å²) in [4.78, 5) is 21.2. The fraction of sp³-hybridized carbons (Fsp3) is 0.348. The lowest BCUT2D eigenvalue weighted by molar-refractivity contribution is 0.0947. The maximum Gasteiger partial charge on any atom is 0.293 e. The van der Waals surface area contributed by atoms with Crippen molar-refractivity contribution in [3.05, 3.63) is 76.4 Å². The molecule has 2 aromatic heterocycles. The molecule has 0 spiro atoms. The van der Waals surface area contributed by atoms with Gasteiger partial charge in [0.1, 0.15) is 0 Å². The minimum absolute atomic E-state index is 0.0878. The quantitative estimate of drug-likeness (QED) is 0.589. The Balaban J connectivity index is 1.36. The van der Waals surface area contributed by atoms with Crippen molar-refractivity contribution in [1.29, 1.82) is 0 Å². The fourth-order valence-corrected chi connectivity index (χ4v) is 4.39. The minimum Gasteiger partial charge on any atom is -0.459 e. The van der Waals surface area contributed by atoms with Gasteiger partial charge in [-0.25, -0.2) is 0 Å². The number of piperazine rings is 1. The monoisotopic (exact) mass is 409 g/mol. The smallest absolute Gasteiger partial charge is 0.293 e. The number of anilines is 1. The van der Waals surface area contributed by atoms with E-state index in [2.05, 4.69) is 34.2 Å². The third kappa shape index (κ3) is 5.15. The average molecular weight is 410 g/mol. The van der Waals surface area contributed by atoms with E-state index >= 15 is 0 Å². The Morgan fingerprint density at radius 3 is 2.45 bits per heavy atom. The Morgan fingerprint density at radius 1 is 1.03 bits per heavy atom. The van der Waals surface area contributed by atoms with Crippen LogP contribution in [0.25, 0.3) is 0 Å². The summed E-state index contributed by atoms with van der Waals surface area (Å²) < 4.78 is 5.37. The van der Waals surface area contributed by atoms with Gasteiger partial charge in [-0.3, -0.25) is 14.6 Å². The molecule has 1 aromatic carbocycles. The highest BCUT2D eigenvalue weighted by atomic mass is 32.1. The molecule has 0 N–H and O–H groups in total. The first-order chi connectivity index (χ1) is 14.2. The van der Waals surface area contributed by atoms with E-state index in [0.717, 1.165) is 45.0 Å². The van der Waals surface area contributed by atoms with Gasteiger partial charge in [-0.15, -0.1) is 11.3 Å². The second kappa shape index (κ2) is 9.39. The molecule has 6 heteroatoms. The van der Waals surface area contributed by atoms with Crippen LogP contribution in [-0.4, -0.2) is 55.0 Å². The Bertz CT molecular complexity index is 883. The molecule has 5 nitrogen and oxygen atoms in total. The van der Waals surface area contributed by atoms with Gasteiger partial charge in [0, 0.05) is 56.4 Å². The minimum atomic E-state index is -0.0878. The number of rotatable bonds is 7. The molecule has 152 valence electrons. The van der Waals surface area contributed by atoms with Crippen LogP contribution >= 0.6 is 11.3 Å². The van der Waals surface area contributed by atoms with Crippen LogP contribution in [0.4, 0.5) is 5.69 Å². The van der Waals surface area contributed by atoms with Crippen LogP contribution < -0.4 is 4.90 Å². The van der Waals surface area contributed by atoms with E-state index in [9.17, 15) is 4.79 Å². The third-order valence-electron chi connectivity index (χ3n) is 5.39. The number of carbonyl (C=O) groups is 1. The van der Waals surface area contributed by atoms with Crippen molar-refractivity contribution in [2.45, 2.75) is 13.5 Å². The Labute approximate surface area is 176 Å². The number of amides is 1. The highest BCUT2D eigenvalue weighted by Crippen LogP contribution is 2.19. The number of thiophene rings is 1. The second-order valence-corrected chi connectivity index (χ2v) is 8.50. The second-order valence-electron chi connectivity index (χ2n) is 7.47. The molecule has 4 rings (SSSR count). The zero-order valence-corrected chi connectivity index (χ0v) is 17.6. The van der Waals surface area contributed by atoms with Gasteiger partial charge in [0.25, 0.3) is 5.91 Å². The first kappa shape index (κ1) is 19.9. The van der Waals surface area contributed by atoms with Gasteiger partial charge < -0.3 is 9.32 Å². The molecule has 0 bridgehead atoms. The Morgan fingerprint density at radius 2 is 1.79 bits per heavy atom. The molecule has 0 saturated carbocycles. The van der Waals surface area contributed by atoms with Crippen LogP contribution in [0, 0.1) is 6.92 Å². The van der Waals surface area contributed by atoms with Crippen molar-refractivity contribution in [1.82, 2.24) is 9.80 Å². The molecule has 0 atom stereocenters. The molecule has 0 radical (unpaired) electrons. The standard InChI is InChI=1S/C23H27N3O2S/c1-19-6-8-20(9-7-19)26(23(27)22-5-2-16-28-22)15-14-24-10-12-25(13-11-24)18-21-4-3-17-29-21/h2-9,16-17H,10-15,18H2,1H3. The van der Waals surface area contributed by atoms with Crippen molar-refractivity contribution >= 4 is 22.9 Å². The normalized spacial score (nSPS) is 15.5. The van der Waals surface area contributed by atoms with Crippen LogP contribution in [0.3, 0.4) is 0 Å². The predicted octanol–water partition coefficient (Wildman–Crippen LogP) is 4.11. The predicted molar refractivity (Wildman–Crippen MR) is 118 cm³/mol. The lowest BCUT2D eigenvalue weighted by Crippen LogP contribution is -2.48. The average Bonchev–Trinajstić information content (AvgIpc) is 3.45. The number of hydrogen-bond donors (Lipinski definition) is 0. The van der Waals surface area contributed by atoms with Crippen LogP contribution in [0.5, 0.6) is 0 Å². The first-order valence-corrected chi connectivity index (χ1v) is 11.0. The summed E-state index contributed by atoms with van der Waals surface area (Å²) in [5, 5.41) is 2.14. The molecular formula is C23H27N3O2S. The largest absolute Gasteiger partial charge is 0.459 e. The molecule has 29 heavy (non-hydrogen) atoms. The maximum absolute atomic E-state index is 13.0. The highest BCUT2D eigenvalue weighted by molar-refractivity contribution is 7.09. The Kier molecular flexibility index (Phi) is 6.44. The van der Waals surface area contributed by atoms with Crippen LogP contribution in [0.1, 0.15) is 21.0 Å². The molecular weight excluding hydrogens is 382 g/mol. The maximum atomic E-state index is 13.0. The summed E-state index contributed by atoms with van der Waals surface area (Å²) in [6, 6.07) is 15.9. The van der Waals surface area contributed by atoms with Crippen LogP contribution in [0.15, 0.2) is 64.6 Å². The number of benzene rings is 1. The molecule has 1 saturated heterocycles. The number of furan rings is 1. The van der Waals surface area contributed by atoms with Gasteiger partial charge >= 0.3 is 0 Å². The van der Waals surface area contributed by atoms with Gasteiger partial charge in [0.15, 0.2) is 5.76 Å². The number of hydrogen-bond acceptors (Lipinski definition) is 5. The lowest BCUT2D eigenvalue weighted by Gasteiger charge is -2.35. The molecule has 3 heterocycles. The zero-order chi connectivity index (χ0) is 20.1. The summed E-state index contributed by atoms with van der Waals surface area (Å²) in [5.41, 5.74) is 2.09. The molecule has 1 amide bonds. The molecule has 1 fully saturated rings. The van der Waals surface area contributed by atoms with Crippen LogP contribution in [-0.2, 0) is 6.54 Å². The molecule has 3 aromatic rings. The lowest BCUT2D eigenvalue weighted by atomic mass is 10.2. The van der Waals surface area contributed by atoms with E-state index in [-0.39, 0.29) is 5.91 Å². The van der Waals surface area contributed by atoms with E-state index in [1.165, 1.54) is 10.4 Å². The first-order valence-electron chi connectivity index (χ1n) is 10.1. The fourth-order valence-electron chi connectivity index (χ4n) is 3.64. The Hall–Kier alpha value is -2.41. The highest BCUT2D eigenvalue weighted by Gasteiger charge is 2.23. The summed E-state index contributed by atoms with van der Waals surface area (Å²) >= 11 is 1.82. The van der Waals surface area contributed by atoms with Gasteiger partial charge in [0.2, 0.25) is 0 Å². The molecule has 0 aliphatic carbocycles. The molecule has 1 aliphatic rings. The van der Waals surface area contributed by atoms with Crippen LogP contribution in [0.2, 0.25) is 0 Å². The topological polar surface area (TPSA) is 39.9 Å². The third-order valence-corrected chi connectivity index (χ3v) is 6.25.